The smallest absolute Gasteiger partial charge is 0.389 e. The molecule has 20 heavy (non-hydrogen) atoms. The van der Waals surface area contributed by atoms with Crippen LogP contribution in [-0.2, 0) is 11.0 Å². The lowest BCUT2D eigenvalue weighted by Crippen LogP contribution is -2.21. The van der Waals surface area contributed by atoms with E-state index in [-0.39, 0.29) is 22.0 Å². The number of carbonyl (C=O) groups excluding carboxylic acids is 1. The Kier molecular flexibility index (Phi) is 5.61. The Balaban J connectivity index is 2.87. The van der Waals surface area contributed by atoms with Crippen molar-refractivity contribution in [2.75, 3.05) is 5.75 Å². The molecule has 0 aromatic heterocycles. The molecule has 0 radical (unpaired) electrons. The second-order valence-electron chi connectivity index (χ2n) is 4.39. The molecule has 0 bridgehead atoms. The van der Waals surface area contributed by atoms with Crippen molar-refractivity contribution in [3.8, 4) is 0 Å². The summed E-state index contributed by atoms with van der Waals surface area (Å²) in [6.07, 6.45) is -7.00. The Morgan fingerprint density at radius 1 is 1.35 bits per heavy atom. The lowest BCUT2D eigenvalue weighted by atomic mass is 9.99. The first-order valence-corrected chi connectivity index (χ1v) is 6.78. The predicted molar refractivity (Wildman–Crippen MR) is 70.3 cm³/mol. The van der Waals surface area contributed by atoms with Crippen LogP contribution in [0, 0.1) is 6.92 Å². The topological polar surface area (TPSA) is 57.5 Å². The fourth-order valence-corrected chi connectivity index (χ4v) is 2.29. The standard InChI is InChI=1S/C13H15F3O3S/c1-7-5-9(3-4-10(7)13(14,15)16)12(19)11(18)6-20-8(2)17/h3-5,11-12,18-19H,6H2,1-2H3. The number of aryl methyl sites for hydroxylation is 1. The Labute approximate surface area is 118 Å². The van der Waals surface area contributed by atoms with Gasteiger partial charge in [-0.25, -0.2) is 0 Å². The van der Waals surface area contributed by atoms with Crippen molar-refractivity contribution in [3.63, 3.8) is 0 Å². The first-order valence-electron chi connectivity index (χ1n) is 5.80. The van der Waals surface area contributed by atoms with E-state index in [2.05, 4.69) is 0 Å². The van der Waals surface area contributed by atoms with E-state index in [9.17, 15) is 28.2 Å². The maximum absolute atomic E-state index is 12.6. The van der Waals surface area contributed by atoms with Gasteiger partial charge in [-0.15, -0.1) is 0 Å². The average Bonchev–Trinajstić information content (AvgIpc) is 2.33. The number of thioether (sulfide) groups is 1. The summed E-state index contributed by atoms with van der Waals surface area (Å²) >= 11 is 0.845. The fourth-order valence-electron chi connectivity index (χ4n) is 1.70. The van der Waals surface area contributed by atoms with Crippen LogP contribution in [0.2, 0.25) is 0 Å². The minimum Gasteiger partial charge on any atom is -0.389 e. The average molecular weight is 308 g/mol. The van der Waals surface area contributed by atoms with Gasteiger partial charge in [0.2, 0.25) is 0 Å². The van der Waals surface area contributed by atoms with E-state index in [1.165, 1.54) is 19.9 Å². The summed E-state index contributed by atoms with van der Waals surface area (Å²) in [5, 5.41) is 19.4. The first kappa shape index (κ1) is 17.0. The Morgan fingerprint density at radius 3 is 2.40 bits per heavy atom. The second-order valence-corrected chi connectivity index (χ2v) is 5.58. The molecule has 2 N–H and O–H groups in total. The van der Waals surface area contributed by atoms with Crippen LogP contribution >= 0.6 is 11.8 Å². The summed E-state index contributed by atoms with van der Waals surface area (Å²) in [4.78, 5) is 10.8. The maximum Gasteiger partial charge on any atom is 0.416 e. The highest BCUT2D eigenvalue weighted by Gasteiger charge is 2.32. The SMILES string of the molecule is CC(=O)SCC(O)C(O)c1ccc(C(F)(F)F)c(C)c1. The third-order valence-electron chi connectivity index (χ3n) is 2.72. The van der Waals surface area contributed by atoms with Crippen LogP contribution in [0.25, 0.3) is 0 Å². The van der Waals surface area contributed by atoms with Crippen LogP contribution in [-0.4, -0.2) is 27.2 Å². The van der Waals surface area contributed by atoms with E-state index < -0.39 is 23.9 Å². The van der Waals surface area contributed by atoms with Crippen molar-refractivity contribution < 1.29 is 28.2 Å². The molecule has 2 atom stereocenters. The molecule has 0 fully saturated rings. The maximum atomic E-state index is 12.6. The van der Waals surface area contributed by atoms with Crippen molar-refractivity contribution in [2.45, 2.75) is 32.2 Å². The first-order chi connectivity index (χ1) is 9.12. The fraction of sp³-hybridized carbons (Fsp3) is 0.462. The molecular formula is C13H15F3O3S. The van der Waals surface area contributed by atoms with E-state index in [1.807, 2.05) is 0 Å². The minimum atomic E-state index is -4.45. The van der Waals surface area contributed by atoms with Crippen LogP contribution < -0.4 is 0 Å². The van der Waals surface area contributed by atoms with Crippen LogP contribution in [0.1, 0.15) is 29.7 Å². The predicted octanol–water partition coefficient (Wildman–Crippen LogP) is 2.69. The molecule has 2 unspecified atom stereocenters. The van der Waals surface area contributed by atoms with E-state index >= 15 is 0 Å². The third-order valence-corrected chi connectivity index (χ3v) is 3.63. The minimum absolute atomic E-state index is 0.0173. The van der Waals surface area contributed by atoms with Crippen LogP contribution in [0.5, 0.6) is 0 Å². The number of hydrogen-bond donors (Lipinski definition) is 2. The second kappa shape index (κ2) is 6.60. The molecule has 0 aliphatic rings. The van der Waals surface area contributed by atoms with Crippen molar-refractivity contribution in [1.29, 1.82) is 0 Å². The van der Waals surface area contributed by atoms with E-state index in [1.54, 1.807) is 0 Å². The summed E-state index contributed by atoms with van der Waals surface area (Å²) < 4.78 is 37.8. The zero-order valence-corrected chi connectivity index (χ0v) is 11.8. The van der Waals surface area contributed by atoms with Crippen LogP contribution in [0.3, 0.4) is 0 Å². The summed E-state index contributed by atoms with van der Waals surface area (Å²) in [6.45, 7) is 2.61. The number of aliphatic hydroxyl groups is 2. The van der Waals surface area contributed by atoms with Gasteiger partial charge in [0.15, 0.2) is 5.12 Å². The van der Waals surface area contributed by atoms with E-state index in [0.717, 1.165) is 23.9 Å². The molecule has 3 nitrogen and oxygen atoms in total. The van der Waals surface area contributed by atoms with Gasteiger partial charge in [-0.3, -0.25) is 4.79 Å². The van der Waals surface area contributed by atoms with Gasteiger partial charge in [0.05, 0.1) is 11.7 Å². The zero-order valence-electron chi connectivity index (χ0n) is 10.9. The molecule has 1 aromatic rings. The monoisotopic (exact) mass is 308 g/mol. The molecule has 1 rings (SSSR count). The molecule has 0 heterocycles. The van der Waals surface area contributed by atoms with E-state index in [0.29, 0.717) is 0 Å². The normalized spacial score (nSPS) is 14.9. The Bertz CT molecular complexity index is 488. The Morgan fingerprint density at radius 2 is 1.95 bits per heavy atom. The highest BCUT2D eigenvalue weighted by Crippen LogP contribution is 2.33. The summed E-state index contributed by atoms with van der Waals surface area (Å²) in [6, 6.07) is 3.19. The lowest BCUT2D eigenvalue weighted by molar-refractivity contribution is -0.138. The number of halogens is 3. The molecule has 7 heteroatoms. The van der Waals surface area contributed by atoms with E-state index in [4.69, 9.17) is 0 Å². The number of hydrogen-bond acceptors (Lipinski definition) is 4. The largest absolute Gasteiger partial charge is 0.416 e. The van der Waals surface area contributed by atoms with Gasteiger partial charge in [-0.05, 0) is 24.1 Å². The molecule has 0 amide bonds. The van der Waals surface area contributed by atoms with Crippen molar-refractivity contribution >= 4 is 16.9 Å². The molecule has 0 spiro atoms. The molecular weight excluding hydrogens is 293 g/mol. The van der Waals surface area contributed by atoms with Gasteiger partial charge in [-0.1, -0.05) is 23.9 Å². The Hall–Kier alpha value is -1.05. The highest BCUT2D eigenvalue weighted by molar-refractivity contribution is 8.13. The zero-order chi connectivity index (χ0) is 15.5. The van der Waals surface area contributed by atoms with Crippen molar-refractivity contribution in [1.82, 2.24) is 0 Å². The van der Waals surface area contributed by atoms with Gasteiger partial charge < -0.3 is 10.2 Å². The number of rotatable bonds is 4. The molecule has 1 aromatic carbocycles. The number of benzene rings is 1. The van der Waals surface area contributed by atoms with Gasteiger partial charge in [0.25, 0.3) is 0 Å². The quantitative estimate of drug-likeness (QED) is 0.898. The van der Waals surface area contributed by atoms with Gasteiger partial charge in [-0.2, -0.15) is 13.2 Å². The number of alkyl halides is 3. The highest BCUT2D eigenvalue weighted by atomic mass is 32.2. The summed E-state index contributed by atoms with van der Waals surface area (Å²) in [7, 11) is 0. The molecule has 0 saturated heterocycles. The molecule has 0 saturated carbocycles. The molecule has 112 valence electrons. The molecule has 0 aliphatic heterocycles. The van der Waals surface area contributed by atoms with Gasteiger partial charge >= 0.3 is 6.18 Å². The lowest BCUT2D eigenvalue weighted by Gasteiger charge is -2.19. The van der Waals surface area contributed by atoms with Crippen LogP contribution in [0.4, 0.5) is 13.2 Å². The summed E-state index contributed by atoms with van der Waals surface area (Å²) in [5.41, 5.74) is -0.617. The number of aliphatic hydroxyl groups excluding tert-OH is 2. The molecule has 0 aliphatic carbocycles. The van der Waals surface area contributed by atoms with Crippen LogP contribution in [0.15, 0.2) is 18.2 Å². The van der Waals surface area contributed by atoms with Gasteiger partial charge in [0.1, 0.15) is 6.10 Å². The number of carbonyl (C=O) groups is 1. The van der Waals surface area contributed by atoms with Crippen molar-refractivity contribution in [3.05, 3.63) is 34.9 Å². The van der Waals surface area contributed by atoms with Crippen molar-refractivity contribution in [2.24, 2.45) is 0 Å². The summed E-state index contributed by atoms with van der Waals surface area (Å²) in [5.74, 6) is -0.0173. The van der Waals surface area contributed by atoms with Gasteiger partial charge in [0, 0.05) is 12.7 Å². The third kappa shape index (κ3) is 4.50.